The number of hydrogen-bond donors (Lipinski definition) is 1. The zero-order valence-corrected chi connectivity index (χ0v) is 14.7. The highest BCUT2D eigenvalue weighted by Crippen LogP contribution is 2.21. The number of benzene rings is 1. The van der Waals surface area contributed by atoms with Gasteiger partial charge < -0.3 is 5.32 Å². The lowest BCUT2D eigenvalue weighted by Gasteiger charge is -2.17. The van der Waals surface area contributed by atoms with Crippen molar-refractivity contribution in [2.75, 3.05) is 5.75 Å². The fourth-order valence-corrected chi connectivity index (χ4v) is 3.66. The Hall–Kier alpha value is -1.62. The Morgan fingerprint density at radius 3 is 2.48 bits per heavy atom. The van der Waals surface area contributed by atoms with Crippen LogP contribution in [0.1, 0.15) is 57.6 Å². The summed E-state index contributed by atoms with van der Waals surface area (Å²) in [7, 11) is -3.18. The SMILES string of the molecule is CCS(=O)(=O)c1ccc([C@H](C)NC(=O)CC2=CCCCC2)cc1. The van der Waals surface area contributed by atoms with Crippen LogP contribution in [0.2, 0.25) is 0 Å². The summed E-state index contributed by atoms with van der Waals surface area (Å²) in [6.07, 6.45) is 7.12. The smallest absolute Gasteiger partial charge is 0.224 e. The molecule has 1 aromatic rings. The van der Waals surface area contributed by atoms with E-state index >= 15 is 0 Å². The van der Waals surface area contributed by atoms with Crippen LogP contribution in [-0.2, 0) is 14.6 Å². The fourth-order valence-electron chi connectivity index (χ4n) is 2.78. The summed E-state index contributed by atoms with van der Waals surface area (Å²) in [6, 6.07) is 6.63. The van der Waals surface area contributed by atoms with Crippen molar-refractivity contribution in [1.29, 1.82) is 0 Å². The van der Waals surface area contributed by atoms with Crippen LogP contribution in [-0.4, -0.2) is 20.1 Å². The molecule has 23 heavy (non-hydrogen) atoms. The van der Waals surface area contributed by atoms with Crippen molar-refractivity contribution in [2.24, 2.45) is 0 Å². The molecule has 0 spiro atoms. The van der Waals surface area contributed by atoms with Gasteiger partial charge in [-0.2, -0.15) is 0 Å². The standard InChI is InChI=1S/C18H25NO3S/c1-3-23(21,22)17-11-9-16(10-12-17)14(2)19-18(20)13-15-7-5-4-6-8-15/h7,9-12,14H,3-6,8,13H2,1-2H3,(H,19,20)/t14-/m0/s1. The molecule has 1 amide bonds. The van der Waals surface area contributed by atoms with Crippen molar-refractivity contribution < 1.29 is 13.2 Å². The normalized spacial score (nSPS) is 16.5. The lowest BCUT2D eigenvalue weighted by molar-refractivity contribution is -0.121. The van der Waals surface area contributed by atoms with Crippen LogP contribution in [0.25, 0.3) is 0 Å². The van der Waals surface area contributed by atoms with E-state index in [1.807, 2.05) is 6.92 Å². The first-order valence-electron chi connectivity index (χ1n) is 8.22. The summed E-state index contributed by atoms with van der Waals surface area (Å²) >= 11 is 0. The number of carbonyl (C=O) groups is 1. The maximum Gasteiger partial charge on any atom is 0.224 e. The van der Waals surface area contributed by atoms with E-state index in [4.69, 9.17) is 0 Å². The largest absolute Gasteiger partial charge is 0.349 e. The molecule has 1 aliphatic carbocycles. The van der Waals surface area contributed by atoms with Gasteiger partial charge in [0, 0.05) is 6.42 Å². The van der Waals surface area contributed by atoms with Gasteiger partial charge >= 0.3 is 0 Å². The van der Waals surface area contributed by atoms with Crippen molar-refractivity contribution in [3.05, 3.63) is 41.5 Å². The second kappa shape index (κ2) is 7.77. The highest BCUT2D eigenvalue weighted by atomic mass is 32.2. The topological polar surface area (TPSA) is 63.2 Å². The number of carbonyl (C=O) groups excluding carboxylic acids is 1. The molecule has 1 atom stereocenters. The van der Waals surface area contributed by atoms with Crippen LogP contribution in [0.5, 0.6) is 0 Å². The quantitative estimate of drug-likeness (QED) is 0.809. The molecule has 0 saturated carbocycles. The first-order valence-corrected chi connectivity index (χ1v) is 9.87. The maximum atomic E-state index is 12.1. The number of sulfone groups is 1. The minimum Gasteiger partial charge on any atom is -0.349 e. The van der Waals surface area contributed by atoms with Gasteiger partial charge in [-0.3, -0.25) is 4.79 Å². The summed E-state index contributed by atoms with van der Waals surface area (Å²) < 4.78 is 23.6. The Morgan fingerprint density at radius 1 is 1.22 bits per heavy atom. The second-order valence-electron chi connectivity index (χ2n) is 6.05. The average Bonchev–Trinajstić information content (AvgIpc) is 2.55. The van der Waals surface area contributed by atoms with E-state index in [0.717, 1.165) is 18.4 Å². The number of amides is 1. The summed E-state index contributed by atoms with van der Waals surface area (Å²) in [4.78, 5) is 12.4. The van der Waals surface area contributed by atoms with Crippen LogP contribution >= 0.6 is 0 Å². The Labute approximate surface area is 138 Å². The van der Waals surface area contributed by atoms with E-state index < -0.39 is 9.84 Å². The minimum absolute atomic E-state index is 0.0240. The van der Waals surface area contributed by atoms with Crippen molar-refractivity contribution in [3.63, 3.8) is 0 Å². The summed E-state index contributed by atoms with van der Waals surface area (Å²) in [5, 5.41) is 2.99. The monoisotopic (exact) mass is 335 g/mol. The predicted octanol–water partition coefficient (Wildman–Crippen LogP) is 3.55. The van der Waals surface area contributed by atoms with E-state index in [2.05, 4.69) is 11.4 Å². The number of hydrogen-bond acceptors (Lipinski definition) is 3. The Morgan fingerprint density at radius 2 is 1.91 bits per heavy atom. The molecule has 0 aromatic heterocycles. The van der Waals surface area contributed by atoms with Crippen LogP contribution in [0.3, 0.4) is 0 Å². The molecule has 2 rings (SSSR count). The highest BCUT2D eigenvalue weighted by molar-refractivity contribution is 7.91. The molecular weight excluding hydrogens is 310 g/mol. The van der Waals surface area contributed by atoms with Crippen molar-refractivity contribution in [3.8, 4) is 0 Å². The maximum absolute atomic E-state index is 12.1. The molecule has 0 bridgehead atoms. The molecule has 1 N–H and O–H groups in total. The van der Waals surface area contributed by atoms with Crippen LogP contribution < -0.4 is 5.32 Å². The van der Waals surface area contributed by atoms with Crippen LogP contribution in [0.4, 0.5) is 0 Å². The molecule has 0 heterocycles. The first kappa shape index (κ1) is 17.7. The van der Waals surface area contributed by atoms with Crippen molar-refractivity contribution in [1.82, 2.24) is 5.32 Å². The third-order valence-electron chi connectivity index (χ3n) is 4.27. The molecule has 0 radical (unpaired) electrons. The summed E-state index contributed by atoms with van der Waals surface area (Å²) in [5.41, 5.74) is 2.14. The number of nitrogens with one attached hydrogen (secondary N) is 1. The predicted molar refractivity (Wildman–Crippen MR) is 91.9 cm³/mol. The van der Waals surface area contributed by atoms with E-state index in [9.17, 15) is 13.2 Å². The molecule has 4 nitrogen and oxygen atoms in total. The van der Waals surface area contributed by atoms with Crippen LogP contribution in [0.15, 0.2) is 40.8 Å². The number of allylic oxidation sites excluding steroid dienone is 1. The lowest BCUT2D eigenvalue weighted by Crippen LogP contribution is -2.27. The summed E-state index contributed by atoms with van der Waals surface area (Å²) in [6.45, 7) is 3.54. The van der Waals surface area contributed by atoms with E-state index in [-0.39, 0.29) is 17.7 Å². The van der Waals surface area contributed by atoms with Crippen molar-refractivity contribution in [2.45, 2.75) is 56.9 Å². The van der Waals surface area contributed by atoms with E-state index in [1.54, 1.807) is 31.2 Å². The van der Waals surface area contributed by atoms with Gasteiger partial charge in [-0.15, -0.1) is 0 Å². The van der Waals surface area contributed by atoms with Gasteiger partial charge in [-0.05, 0) is 50.3 Å². The van der Waals surface area contributed by atoms with Gasteiger partial charge in [-0.25, -0.2) is 8.42 Å². The van der Waals surface area contributed by atoms with Crippen molar-refractivity contribution >= 4 is 15.7 Å². The third kappa shape index (κ3) is 4.93. The van der Waals surface area contributed by atoms with Gasteiger partial charge in [-0.1, -0.05) is 30.7 Å². The Balaban J connectivity index is 1.96. The van der Waals surface area contributed by atoms with Gasteiger partial charge in [0.25, 0.3) is 0 Å². The molecule has 126 valence electrons. The second-order valence-corrected chi connectivity index (χ2v) is 8.32. The van der Waals surface area contributed by atoms with Gasteiger partial charge in [0.2, 0.25) is 5.91 Å². The summed E-state index contributed by atoms with van der Waals surface area (Å²) in [5.74, 6) is 0.115. The molecule has 1 aliphatic rings. The van der Waals surface area contributed by atoms with Crippen LogP contribution in [0, 0.1) is 0 Å². The minimum atomic E-state index is -3.18. The molecule has 1 aromatic carbocycles. The molecule has 5 heteroatoms. The Kier molecular flexibility index (Phi) is 5.99. The molecule has 0 aliphatic heterocycles. The van der Waals surface area contributed by atoms with Gasteiger partial charge in [0.1, 0.15) is 0 Å². The molecule has 0 fully saturated rings. The number of rotatable bonds is 6. The molecule has 0 unspecified atom stereocenters. The third-order valence-corrected chi connectivity index (χ3v) is 6.02. The Bertz CT molecular complexity index is 675. The lowest BCUT2D eigenvalue weighted by atomic mass is 9.97. The fraction of sp³-hybridized carbons (Fsp3) is 0.500. The highest BCUT2D eigenvalue weighted by Gasteiger charge is 2.15. The average molecular weight is 335 g/mol. The van der Waals surface area contributed by atoms with E-state index in [1.165, 1.54) is 18.4 Å². The molecule has 0 saturated heterocycles. The first-order chi connectivity index (χ1) is 10.9. The van der Waals surface area contributed by atoms with Gasteiger partial charge in [0.05, 0.1) is 16.7 Å². The van der Waals surface area contributed by atoms with Gasteiger partial charge in [0.15, 0.2) is 9.84 Å². The van der Waals surface area contributed by atoms with E-state index in [0.29, 0.717) is 11.3 Å². The molecular formula is C18H25NO3S. The zero-order valence-electron chi connectivity index (χ0n) is 13.8. The zero-order chi connectivity index (χ0) is 16.9.